The van der Waals surface area contributed by atoms with Crippen molar-refractivity contribution in [3.8, 4) is 0 Å². The molecular weight excluding hydrogens is 369 g/mol. The van der Waals surface area contributed by atoms with E-state index in [1.54, 1.807) is 41.2 Å². The number of benzene rings is 2. The average molecular weight is 385 g/mol. The van der Waals surface area contributed by atoms with Gasteiger partial charge in [-0.15, -0.1) is 0 Å². The molecule has 0 amide bonds. The molecule has 2 heterocycles. The van der Waals surface area contributed by atoms with Crippen molar-refractivity contribution in [2.75, 3.05) is 4.72 Å². The third kappa shape index (κ3) is 3.54. The Morgan fingerprint density at radius 3 is 2.70 bits per heavy atom. The fourth-order valence-electron chi connectivity index (χ4n) is 2.92. The van der Waals surface area contributed by atoms with Gasteiger partial charge in [0, 0.05) is 24.5 Å². The first-order valence-electron chi connectivity index (χ1n) is 8.24. The van der Waals surface area contributed by atoms with Gasteiger partial charge in [0.25, 0.3) is 10.0 Å². The predicted octanol–water partition coefficient (Wildman–Crippen LogP) is 2.94. The molecule has 7 nitrogen and oxygen atoms in total. The Morgan fingerprint density at radius 2 is 1.96 bits per heavy atom. The zero-order valence-electron chi connectivity index (χ0n) is 14.1. The van der Waals surface area contributed by atoms with Crippen LogP contribution >= 0.6 is 0 Å². The van der Waals surface area contributed by atoms with Gasteiger partial charge >= 0.3 is 0 Å². The van der Waals surface area contributed by atoms with E-state index in [1.807, 2.05) is 0 Å². The summed E-state index contributed by atoms with van der Waals surface area (Å²) in [7, 11) is -3.74. The van der Waals surface area contributed by atoms with Crippen LogP contribution in [0.2, 0.25) is 0 Å². The lowest BCUT2D eigenvalue weighted by Gasteiger charge is -2.06. The van der Waals surface area contributed by atoms with Gasteiger partial charge in [0.05, 0.1) is 28.0 Å². The van der Waals surface area contributed by atoms with E-state index in [1.165, 1.54) is 24.3 Å². The number of hydrogen-bond acceptors (Lipinski definition) is 4. The molecule has 0 aliphatic rings. The van der Waals surface area contributed by atoms with Crippen LogP contribution in [0.5, 0.6) is 0 Å². The van der Waals surface area contributed by atoms with E-state index in [0.717, 1.165) is 5.69 Å². The van der Waals surface area contributed by atoms with Crippen LogP contribution in [-0.4, -0.2) is 28.4 Å². The molecule has 0 atom stereocenters. The maximum Gasteiger partial charge on any atom is 0.261 e. The van der Waals surface area contributed by atoms with Crippen LogP contribution in [0.25, 0.3) is 10.9 Å². The number of anilines is 1. The number of aromatic nitrogens is 4. The Balaban J connectivity index is 1.70. The fourth-order valence-corrected chi connectivity index (χ4v) is 4.00. The van der Waals surface area contributed by atoms with Crippen LogP contribution in [0, 0.1) is 5.82 Å². The highest BCUT2D eigenvalue weighted by atomic mass is 32.2. The summed E-state index contributed by atoms with van der Waals surface area (Å²) in [5.74, 6) is -0.388. The third-order valence-electron chi connectivity index (χ3n) is 4.22. The second-order valence-electron chi connectivity index (χ2n) is 6.03. The highest BCUT2D eigenvalue weighted by Crippen LogP contribution is 2.29. The van der Waals surface area contributed by atoms with Crippen LogP contribution in [0.1, 0.15) is 5.69 Å². The van der Waals surface area contributed by atoms with Crippen LogP contribution in [-0.2, 0) is 23.0 Å². The number of hydrogen-bond donors (Lipinski definition) is 2. The van der Waals surface area contributed by atoms with Crippen LogP contribution < -0.4 is 4.72 Å². The van der Waals surface area contributed by atoms with Crippen LogP contribution in [0.3, 0.4) is 0 Å². The highest BCUT2D eigenvalue weighted by molar-refractivity contribution is 7.92. The molecule has 2 aromatic heterocycles. The lowest BCUT2D eigenvalue weighted by Crippen LogP contribution is -2.12. The minimum absolute atomic E-state index is 0.163. The van der Waals surface area contributed by atoms with Crippen molar-refractivity contribution in [2.45, 2.75) is 17.9 Å². The van der Waals surface area contributed by atoms with Gasteiger partial charge in [0.2, 0.25) is 0 Å². The first-order chi connectivity index (χ1) is 13.0. The smallest absolute Gasteiger partial charge is 0.261 e. The van der Waals surface area contributed by atoms with Crippen molar-refractivity contribution < 1.29 is 12.8 Å². The SMILES string of the molecule is O=S(=O)(Nc1cn(CCc2cn[nH]n2)c2cc(F)ccc12)c1ccccc1. The van der Waals surface area contributed by atoms with Gasteiger partial charge in [-0.2, -0.15) is 15.4 Å². The molecule has 9 heteroatoms. The minimum atomic E-state index is -3.74. The summed E-state index contributed by atoms with van der Waals surface area (Å²) >= 11 is 0. The number of aromatic amines is 1. The maximum absolute atomic E-state index is 13.8. The van der Waals surface area contributed by atoms with E-state index >= 15 is 0 Å². The first kappa shape index (κ1) is 17.2. The van der Waals surface area contributed by atoms with E-state index < -0.39 is 10.0 Å². The second-order valence-corrected chi connectivity index (χ2v) is 7.71. The molecule has 2 aromatic carbocycles. The Labute approximate surface area is 154 Å². The summed E-state index contributed by atoms with van der Waals surface area (Å²) in [5, 5.41) is 10.9. The Bertz CT molecular complexity index is 1170. The van der Waals surface area contributed by atoms with Gasteiger partial charge in [0.1, 0.15) is 5.82 Å². The van der Waals surface area contributed by atoms with E-state index in [9.17, 15) is 12.8 Å². The standard InChI is InChI=1S/C18H16FN5O2S/c19-13-6-7-16-17(22-27(25,26)15-4-2-1-3-5-15)12-24(18(16)10-13)9-8-14-11-20-23-21-14/h1-7,10-12,22H,8-9H2,(H,20,21,23). The van der Waals surface area contributed by atoms with Crippen molar-refractivity contribution in [1.82, 2.24) is 20.0 Å². The molecule has 0 aliphatic carbocycles. The molecule has 0 saturated carbocycles. The minimum Gasteiger partial charge on any atom is -0.345 e. The molecule has 138 valence electrons. The van der Waals surface area contributed by atoms with E-state index in [2.05, 4.69) is 20.1 Å². The van der Waals surface area contributed by atoms with Crippen LogP contribution in [0.15, 0.2) is 65.8 Å². The Hall–Kier alpha value is -3.20. The quantitative estimate of drug-likeness (QED) is 0.534. The van der Waals surface area contributed by atoms with Gasteiger partial charge in [-0.05, 0) is 30.3 Å². The lowest BCUT2D eigenvalue weighted by molar-refractivity contribution is 0.601. The number of nitrogens with one attached hydrogen (secondary N) is 2. The second kappa shape index (κ2) is 6.84. The van der Waals surface area contributed by atoms with Gasteiger partial charge < -0.3 is 4.57 Å². The molecule has 0 radical (unpaired) electrons. The topological polar surface area (TPSA) is 92.7 Å². The molecule has 0 unspecified atom stereocenters. The zero-order valence-corrected chi connectivity index (χ0v) is 14.9. The van der Waals surface area contributed by atoms with Crippen molar-refractivity contribution in [3.63, 3.8) is 0 Å². The van der Waals surface area contributed by atoms with Crippen molar-refractivity contribution in [1.29, 1.82) is 0 Å². The monoisotopic (exact) mass is 385 g/mol. The van der Waals surface area contributed by atoms with E-state index in [0.29, 0.717) is 29.6 Å². The molecule has 0 saturated heterocycles. The van der Waals surface area contributed by atoms with Crippen LogP contribution in [0.4, 0.5) is 10.1 Å². The van der Waals surface area contributed by atoms with E-state index in [-0.39, 0.29) is 10.7 Å². The van der Waals surface area contributed by atoms with Crippen molar-refractivity contribution >= 4 is 26.6 Å². The fraction of sp³-hybridized carbons (Fsp3) is 0.111. The van der Waals surface area contributed by atoms with Gasteiger partial charge in [0.15, 0.2) is 0 Å². The number of aryl methyl sites for hydroxylation is 2. The van der Waals surface area contributed by atoms with Crippen molar-refractivity contribution in [3.05, 3.63) is 72.4 Å². The summed E-state index contributed by atoms with van der Waals surface area (Å²) in [5.41, 5.74) is 1.76. The predicted molar refractivity (Wildman–Crippen MR) is 99.2 cm³/mol. The van der Waals surface area contributed by atoms with Gasteiger partial charge in [-0.3, -0.25) is 4.72 Å². The molecular formula is C18H16FN5O2S. The summed E-state index contributed by atoms with van der Waals surface area (Å²) in [6.07, 6.45) is 3.86. The summed E-state index contributed by atoms with van der Waals surface area (Å²) in [6.45, 7) is 0.500. The molecule has 0 bridgehead atoms. The highest BCUT2D eigenvalue weighted by Gasteiger charge is 2.18. The molecule has 4 aromatic rings. The summed E-state index contributed by atoms with van der Waals surface area (Å²) < 4.78 is 43.5. The maximum atomic E-state index is 13.8. The summed E-state index contributed by atoms with van der Waals surface area (Å²) in [4.78, 5) is 0.163. The molecule has 2 N–H and O–H groups in total. The number of sulfonamides is 1. The largest absolute Gasteiger partial charge is 0.345 e. The summed E-state index contributed by atoms with van der Waals surface area (Å²) in [6, 6.07) is 12.4. The molecule has 4 rings (SSSR count). The number of H-pyrrole nitrogens is 1. The molecule has 27 heavy (non-hydrogen) atoms. The normalized spacial score (nSPS) is 11.7. The average Bonchev–Trinajstić information content (AvgIpc) is 3.29. The number of fused-ring (bicyclic) bond motifs is 1. The molecule has 0 spiro atoms. The number of rotatable bonds is 6. The van der Waals surface area contributed by atoms with Crippen molar-refractivity contribution in [2.24, 2.45) is 0 Å². The first-order valence-corrected chi connectivity index (χ1v) is 9.72. The zero-order chi connectivity index (χ0) is 18.9. The Morgan fingerprint density at radius 1 is 1.15 bits per heavy atom. The lowest BCUT2D eigenvalue weighted by atomic mass is 10.2. The molecule has 0 aliphatic heterocycles. The molecule has 0 fully saturated rings. The van der Waals surface area contributed by atoms with Gasteiger partial charge in [-0.1, -0.05) is 18.2 Å². The number of halogens is 1. The Kier molecular flexibility index (Phi) is 4.36. The number of nitrogens with zero attached hydrogens (tertiary/aromatic N) is 3. The van der Waals surface area contributed by atoms with E-state index in [4.69, 9.17) is 0 Å². The third-order valence-corrected chi connectivity index (χ3v) is 5.60. The van der Waals surface area contributed by atoms with Gasteiger partial charge in [-0.25, -0.2) is 12.8 Å².